The normalized spacial score (nSPS) is 10.7. The molecule has 3 nitrogen and oxygen atoms in total. The van der Waals surface area contributed by atoms with Crippen molar-refractivity contribution in [3.63, 3.8) is 0 Å². The molecule has 0 heterocycles. The van der Waals surface area contributed by atoms with E-state index in [0.717, 1.165) is 25.1 Å². The number of hydrogen-bond donors (Lipinski definition) is 1. The van der Waals surface area contributed by atoms with Gasteiger partial charge in [0.05, 0.1) is 6.42 Å². The van der Waals surface area contributed by atoms with Crippen LogP contribution in [0.25, 0.3) is 0 Å². The molecule has 0 saturated carbocycles. The Balaban J connectivity index is 2.58. The molecule has 0 aliphatic carbocycles. The van der Waals surface area contributed by atoms with E-state index in [9.17, 15) is 4.79 Å². The molecule has 1 aromatic rings. The quantitative estimate of drug-likeness (QED) is 0.803. The Morgan fingerprint density at radius 1 is 1.28 bits per heavy atom. The Labute approximate surface area is 110 Å². The first-order valence-corrected chi connectivity index (χ1v) is 6.65. The minimum Gasteiger partial charge on any atom is -0.342 e. The van der Waals surface area contributed by atoms with Gasteiger partial charge in [-0.3, -0.25) is 4.79 Å². The largest absolute Gasteiger partial charge is 0.342 e. The molecule has 3 heteroatoms. The number of carbonyl (C=O) groups is 1. The van der Waals surface area contributed by atoms with Gasteiger partial charge >= 0.3 is 0 Å². The van der Waals surface area contributed by atoms with Crippen molar-refractivity contribution < 1.29 is 4.79 Å². The fourth-order valence-electron chi connectivity index (χ4n) is 1.92. The summed E-state index contributed by atoms with van der Waals surface area (Å²) in [6.07, 6.45) is 1.35. The molecule has 1 aromatic carbocycles. The lowest BCUT2D eigenvalue weighted by atomic mass is 10.1. The summed E-state index contributed by atoms with van der Waals surface area (Å²) in [7, 11) is 0. The predicted molar refractivity (Wildman–Crippen MR) is 75.2 cm³/mol. The summed E-state index contributed by atoms with van der Waals surface area (Å²) in [5.41, 5.74) is 6.60. The van der Waals surface area contributed by atoms with Gasteiger partial charge in [-0.1, -0.05) is 44.2 Å². The summed E-state index contributed by atoms with van der Waals surface area (Å²) in [6, 6.07) is 9.89. The average molecular weight is 248 g/mol. The van der Waals surface area contributed by atoms with Crippen LogP contribution in [0.1, 0.15) is 25.8 Å². The summed E-state index contributed by atoms with van der Waals surface area (Å²) in [4.78, 5) is 14.2. The lowest BCUT2D eigenvalue weighted by Gasteiger charge is -2.24. The summed E-state index contributed by atoms with van der Waals surface area (Å²) >= 11 is 0. The molecule has 2 N–H and O–H groups in total. The third kappa shape index (κ3) is 5.32. The number of benzene rings is 1. The van der Waals surface area contributed by atoms with E-state index in [4.69, 9.17) is 5.73 Å². The highest BCUT2D eigenvalue weighted by Gasteiger charge is 2.14. The van der Waals surface area contributed by atoms with E-state index in [0.29, 0.717) is 18.9 Å². The molecule has 0 spiro atoms. The molecular formula is C15H24N2O. The van der Waals surface area contributed by atoms with Crippen molar-refractivity contribution in [2.45, 2.75) is 26.7 Å². The number of carbonyl (C=O) groups excluding carboxylic acids is 1. The van der Waals surface area contributed by atoms with E-state index in [-0.39, 0.29) is 5.91 Å². The van der Waals surface area contributed by atoms with E-state index in [1.807, 2.05) is 35.2 Å². The highest BCUT2D eigenvalue weighted by atomic mass is 16.2. The topological polar surface area (TPSA) is 46.3 Å². The minimum absolute atomic E-state index is 0.198. The van der Waals surface area contributed by atoms with Crippen molar-refractivity contribution in [2.75, 3.05) is 19.6 Å². The molecule has 1 rings (SSSR count). The molecule has 0 saturated heterocycles. The lowest BCUT2D eigenvalue weighted by Crippen LogP contribution is -2.36. The van der Waals surface area contributed by atoms with Gasteiger partial charge in [0.1, 0.15) is 0 Å². The maximum atomic E-state index is 12.2. The molecule has 0 aliphatic rings. The van der Waals surface area contributed by atoms with Gasteiger partial charge in [0, 0.05) is 13.1 Å². The molecule has 0 fully saturated rings. The molecule has 18 heavy (non-hydrogen) atoms. The zero-order chi connectivity index (χ0) is 13.4. The zero-order valence-corrected chi connectivity index (χ0v) is 11.4. The number of hydrogen-bond acceptors (Lipinski definition) is 2. The molecule has 0 unspecified atom stereocenters. The fourth-order valence-corrected chi connectivity index (χ4v) is 1.92. The van der Waals surface area contributed by atoms with Gasteiger partial charge in [0.15, 0.2) is 0 Å². The van der Waals surface area contributed by atoms with E-state index in [1.54, 1.807) is 0 Å². The van der Waals surface area contributed by atoms with Crippen LogP contribution >= 0.6 is 0 Å². The smallest absolute Gasteiger partial charge is 0.226 e. The van der Waals surface area contributed by atoms with Crippen molar-refractivity contribution in [3.8, 4) is 0 Å². The highest BCUT2D eigenvalue weighted by Crippen LogP contribution is 2.06. The Kier molecular flexibility index (Phi) is 6.44. The van der Waals surface area contributed by atoms with Crippen LogP contribution in [0.3, 0.4) is 0 Å². The van der Waals surface area contributed by atoms with E-state index < -0.39 is 0 Å². The summed E-state index contributed by atoms with van der Waals surface area (Å²) < 4.78 is 0. The summed E-state index contributed by atoms with van der Waals surface area (Å²) in [5, 5.41) is 0. The van der Waals surface area contributed by atoms with Crippen molar-refractivity contribution in [1.29, 1.82) is 0 Å². The van der Waals surface area contributed by atoms with Gasteiger partial charge in [0.25, 0.3) is 0 Å². The second-order valence-electron chi connectivity index (χ2n) is 5.04. The van der Waals surface area contributed by atoms with Crippen LogP contribution in [-0.2, 0) is 11.2 Å². The lowest BCUT2D eigenvalue weighted by molar-refractivity contribution is -0.131. The van der Waals surface area contributed by atoms with Gasteiger partial charge in [-0.15, -0.1) is 0 Å². The van der Waals surface area contributed by atoms with Crippen LogP contribution in [0.15, 0.2) is 30.3 Å². The van der Waals surface area contributed by atoms with Crippen LogP contribution in [0.4, 0.5) is 0 Å². The maximum absolute atomic E-state index is 12.2. The summed E-state index contributed by atoms with van der Waals surface area (Å²) in [6.45, 7) is 6.47. The second kappa shape index (κ2) is 7.88. The Morgan fingerprint density at radius 2 is 1.94 bits per heavy atom. The Morgan fingerprint density at radius 3 is 2.50 bits per heavy atom. The molecule has 100 valence electrons. The number of amides is 1. The molecule has 0 aliphatic heterocycles. The first kappa shape index (κ1) is 14.7. The molecule has 1 amide bonds. The van der Waals surface area contributed by atoms with Crippen LogP contribution in [0.5, 0.6) is 0 Å². The van der Waals surface area contributed by atoms with Gasteiger partial charge in [-0.05, 0) is 24.4 Å². The van der Waals surface area contributed by atoms with Gasteiger partial charge < -0.3 is 10.6 Å². The maximum Gasteiger partial charge on any atom is 0.226 e. The first-order chi connectivity index (χ1) is 8.63. The van der Waals surface area contributed by atoms with Gasteiger partial charge in [-0.25, -0.2) is 0 Å². The third-order valence-corrected chi connectivity index (χ3v) is 2.77. The molecular weight excluding hydrogens is 224 g/mol. The van der Waals surface area contributed by atoms with Crippen molar-refractivity contribution in [1.82, 2.24) is 4.90 Å². The Bertz CT molecular complexity index is 349. The molecule has 0 aromatic heterocycles. The van der Waals surface area contributed by atoms with E-state index in [2.05, 4.69) is 13.8 Å². The highest BCUT2D eigenvalue weighted by molar-refractivity contribution is 5.78. The van der Waals surface area contributed by atoms with Gasteiger partial charge in [-0.2, -0.15) is 0 Å². The second-order valence-corrected chi connectivity index (χ2v) is 5.04. The van der Waals surface area contributed by atoms with Crippen LogP contribution in [-0.4, -0.2) is 30.4 Å². The van der Waals surface area contributed by atoms with Gasteiger partial charge in [0.2, 0.25) is 5.91 Å². The molecule has 0 bridgehead atoms. The average Bonchev–Trinajstić information content (AvgIpc) is 2.35. The predicted octanol–water partition coefficient (Wildman–Crippen LogP) is 2.06. The Hall–Kier alpha value is -1.35. The van der Waals surface area contributed by atoms with E-state index in [1.165, 1.54) is 0 Å². The third-order valence-electron chi connectivity index (χ3n) is 2.77. The standard InChI is InChI=1S/C15H24N2O/c1-13(2)12-17(10-6-9-16)15(18)11-14-7-4-3-5-8-14/h3-5,7-8,13H,6,9-12,16H2,1-2H3. The minimum atomic E-state index is 0.198. The zero-order valence-electron chi connectivity index (χ0n) is 11.4. The number of rotatable bonds is 7. The van der Waals surface area contributed by atoms with Crippen LogP contribution in [0, 0.1) is 5.92 Å². The van der Waals surface area contributed by atoms with Crippen molar-refractivity contribution >= 4 is 5.91 Å². The fraction of sp³-hybridized carbons (Fsp3) is 0.533. The van der Waals surface area contributed by atoms with Crippen LogP contribution in [0.2, 0.25) is 0 Å². The molecule has 0 radical (unpaired) electrons. The SMILES string of the molecule is CC(C)CN(CCCN)C(=O)Cc1ccccc1. The molecule has 0 atom stereocenters. The van der Waals surface area contributed by atoms with Crippen LogP contribution < -0.4 is 5.73 Å². The summed E-state index contributed by atoms with van der Waals surface area (Å²) in [5.74, 6) is 0.686. The van der Waals surface area contributed by atoms with E-state index >= 15 is 0 Å². The van der Waals surface area contributed by atoms with Crippen molar-refractivity contribution in [3.05, 3.63) is 35.9 Å². The number of nitrogens with zero attached hydrogens (tertiary/aromatic N) is 1. The van der Waals surface area contributed by atoms with Crippen molar-refractivity contribution in [2.24, 2.45) is 11.7 Å². The number of nitrogens with two attached hydrogens (primary N) is 1. The first-order valence-electron chi connectivity index (χ1n) is 6.65. The monoisotopic (exact) mass is 248 g/mol.